The van der Waals surface area contributed by atoms with Gasteiger partial charge in [-0.2, -0.15) is 0 Å². The number of hydrogen-bond donors (Lipinski definition) is 2. The summed E-state index contributed by atoms with van der Waals surface area (Å²) in [6, 6.07) is 16.1. The van der Waals surface area contributed by atoms with E-state index in [-0.39, 0.29) is 11.3 Å². The van der Waals surface area contributed by atoms with Crippen molar-refractivity contribution in [2.45, 2.75) is 13.3 Å². The van der Waals surface area contributed by atoms with Crippen molar-refractivity contribution in [3.63, 3.8) is 0 Å². The zero-order valence-electron chi connectivity index (χ0n) is 14.6. The van der Waals surface area contributed by atoms with E-state index < -0.39 is 5.91 Å². The molecule has 132 valence electrons. The van der Waals surface area contributed by atoms with Crippen LogP contribution in [0.1, 0.15) is 27.4 Å². The lowest BCUT2D eigenvalue weighted by molar-refractivity contribution is 0.102. The van der Waals surface area contributed by atoms with E-state index in [1.807, 2.05) is 49.4 Å². The first kappa shape index (κ1) is 17.4. The Morgan fingerprint density at radius 2 is 1.92 bits per heavy atom. The molecule has 2 N–H and O–H groups in total. The summed E-state index contributed by atoms with van der Waals surface area (Å²) < 4.78 is 5.13. The summed E-state index contributed by atoms with van der Waals surface area (Å²) in [7, 11) is 1.60. The van der Waals surface area contributed by atoms with Gasteiger partial charge in [0, 0.05) is 18.2 Å². The second-order valence-corrected chi connectivity index (χ2v) is 5.93. The third-order valence-electron chi connectivity index (χ3n) is 3.83. The largest absolute Gasteiger partial charge is 0.497 e. The molecule has 2 aromatic carbocycles. The van der Waals surface area contributed by atoms with Gasteiger partial charge in [-0.15, -0.1) is 0 Å². The number of aryl methyl sites for hydroxylation is 1. The Labute approximate surface area is 150 Å². The van der Waals surface area contributed by atoms with Crippen LogP contribution in [0.15, 0.2) is 59.4 Å². The Bertz CT molecular complexity index is 978. The molecule has 3 rings (SSSR count). The van der Waals surface area contributed by atoms with Crippen molar-refractivity contribution in [2.24, 2.45) is 0 Å². The van der Waals surface area contributed by atoms with Gasteiger partial charge in [0.1, 0.15) is 17.3 Å². The monoisotopic (exact) mass is 349 g/mol. The minimum Gasteiger partial charge on any atom is -0.497 e. The van der Waals surface area contributed by atoms with Crippen molar-refractivity contribution in [2.75, 3.05) is 12.4 Å². The van der Waals surface area contributed by atoms with E-state index in [1.165, 1.54) is 6.07 Å². The molecule has 26 heavy (non-hydrogen) atoms. The zero-order chi connectivity index (χ0) is 18.5. The fourth-order valence-electron chi connectivity index (χ4n) is 2.56. The van der Waals surface area contributed by atoms with Crippen molar-refractivity contribution in [1.82, 2.24) is 9.97 Å². The van der Waals surface area contributed by atoms with Crippen LogP contribution >= 0.6 is 0 Å². The quantitative estimate of drug-likeness (QED) is 0.742. The third kappa shape index (κ3) is 4.36. The van der Waals surface area contributed by atoms with Gasteiger partial charge in [-0.25, -0.2) is 4.98 Å². The van der Waals surface area contributed by atoms with Crippen LogP contribution in [-0.4, -0.2) is 23.0 Å². The van der Waals surface area contributed by atoms with E-state index in [0.29, 0.717) is 17.9 Å². The molecule has 1 heterocycles. The summed E-state index contributed by atoms with van der Waals surface area (Å²) in [5.41, 5.74) is 2.36. The molecule has 1 aromatic heterocycles. The number of amides is 1. The molecular formula is C20H19N3O3. The predicted octanol–water partition coefficient (Wildman–Crippen LogP) is 2.93. The normalized spacial score (nSPS) is 10.4. The van der Waals surface area contributed by atoms with Crippen LogP contribution in [0.5, 0.6) is 5.75 Å². The van der Waals surface area contributed by atoms with Crippen molar-refractivity contribution in [1.29, 1.82) is 0 Å². The highest BCUT2D eigenvalue weighted by Gasteiger charge is 2.11. The SMILES string of the molecule is COc1ccc(Cc2nc(C(=O)Nc3cccc(C)c3)cc(=O)[nH]2)cc1. The molecule has 0 unspecified atom stereocenters. The van der Waals surface area contributed by atoms with Gasteiger partial charge < -0.3 is 15.0 Å². The molecule has 0 bridgehead atoms. The Balaban J connectivity index is 1.80. The second-order valence-electron chi connectivity index (χ2n) is 5.93. The molecule has 3 aromatic rings. The molecule has 0 saturated heterocycles. The summed E-state index contributed by atoms with van der Waals surface area (Å²) in [6.45, 7) is 1.94. The number of rotatable bonds is 5. The average molecular weight is 349 g/mol. The van der Waals surface area contributed by atoms with E-state index >= 15 is 0 Å². The maximum atomic E-state index is 12.4. The Morgan fingerprint density at radius 3 is 2.62 bits per heavy atom. The number of hydrogen-bond acceptors (Lipinski definition) is 4. The first-order chi connectivity index (χ1) is 12.5. The number of aromatic nitrogens is 2. The van der Waals surface area contributed by atoms with E-state index in [2.05, 4.69) is 15.3 Å². The fraction of sp³-hybridized carbons (Fsp3) is 0.150. The number of methoxy groups -OCH3 is 1. The third-order valence-corrected chi connectivity index (χ3v) is 3.83. The Hall–Kier alpha value is -3.41. The number of ether oxygens (including phenoxy) is 1. The van der Waals surface area contributed by atoms with Crippen LogP contribution < -0.4 is 15.6 Å². The number of anilines is 1. The van der Waals surface area contributed by atoms with Crippen molar-refractivity contribution in [3.05, 3.63) is 87.6 Å². The smallest absolute Gasteiger partial charge is 0.274 e. The molecule has 0 atom stereocenters. The Morgan fingerprint density at radius 1 is 1.15 bits per heavy atom. The highest BCUT2D eigenvalue weighted by atomic mass is 16.5. The highest BCUT2D eigenvalue weighted by Crippen LogP contribution is 2.14. The van der Waals surface area contributed by atoms with Gasteiger partial charge in [0.25, 0.3) is 11.5 Å². The Kier molecular flexibility index (Phi) is 5.12. The van der Waals surface area contributed by atoms with Gasteiger partial charge in [-0.3, -0.25) is 9.59 Å². The van der Waals surface area contributed by atoms with Crippen LogP contribution in [0, 0.1) is 6.92 Å². The predicted molar refractivity (Wildman–Crippen MR) is 99.8 cm³/mol. The van der Waals surface area contributed by atoms with Crippen LogP contribution in [0.4, 0.5) is 5.69 Å². The summed E-state index contributed by atoms with van der Waals surface area (Å²) >= 11 is 0. The van der Waals surface area contributed by atoms with Gasteiger partial charge >= 0.3 is 0 Å². The average Bonchev–Trinajstić information content (AvgIpc) is 2.62. The van der Waals surface area contributed by atoms with E-state index in [1.54, 1.807) is 13.2 Å². The summed E-state index contributed by atoms with van der Waals surface area (Å²) in [4.78, 5) is 31.3. The summed E-state index contributed by atoms with van der Waals surface area (Å²) in [5, 5.41) is 2.76. The van der Waals surface area contributed by atoms with Gasteiger partial charge in [0.2, 0.25) is 0 Å². The molecule has 6 heteroatoms. The molecule has 0 spiro atoms. The summed E-state index contributed by atoms with van der Waals surface area (Å²) in [6.07, 6.45) is 0.408. The van der Waals surface area contributed by atoms with Crippen LogP contribution in [-0.2, 0) is 6.42 Å². The van der Waals surface area contributed by atoms with Crippen molar-refractivity contribution >= 4 is 11.6 Å². The fourth-order valence-corrected chi connectivity index (χ4v) is 2.56. The van der Waals surface area contributed by atoms with E-state index in [9.17, 15) is 9.59 Å². The molecule has 6 nitrogen and oxygen atoms in total. The van der Waals surface area contributed by atoms with Crippen molar-refractivity contribution in [3.8, 4) is 5.75 Å². The highest BCUT2D eigenvalue weighted by molar-refractivity contribution is 6.02. The number of carbonyl (C=O) groups is 1. The topological polar surface area (TPSA) is 84.1 Å². The zero-order valence-corrected chi connectivity index (χ0v) is 14.6. The lowest BCUT2D eigenvalue weighted by atomic mass is 10.1. The molecule has 0 saturated carbocycles. The number of carbonyl (C=O) groups excluding carboxylic acids is 1. The van der Waals surface area contributed by atoms with Crippen LogP contribution in [0.25, 0.3) is 0 Å². The number of H-pyrrole nitrogens is 1. The molecule has 0 radical (unpaired) electrons. The lowest BCUT2D eigenvalue weighted by Gasteiger charge is -2.07. The number of nitrogens with zero attached hydrogens (tertiary/aromatic N) is 1. The van der Waals surface area contributed by atoms with Crippen molar-refractivity contribution < 1.29 is 9.53 Å². The molecular weight excluding hydrogens is 330 g/mol. The molecule has 0 fully saturated rings. The lowest BCUT2D eigenvalue weighted by Crippen LogP contribution is -2.20. The summed E-state index contributed by atoms with van der Waals surface area (Å²) in [5.74, 6) is 0.760. The van der Waals surface area contributed by atoms with Gasteiger partial charge in [0.05, 0.1) is 7.11 Å². The van der Waals surface area contributed by atoms with Gasteiger partial charge in [0.15, 0.2) is 0 Å². The first-order valence-electron chi connectivity index (χ1n) is 8.15. The van der Waals surface area contributed by atoms with Crippen LogP contribution in [0.3, 0.4) is 0 Å². The maximum Gasteiger partial charge on any atom is 0.274 e. The molecule has 0 aliphatic rings. The number of aromatic amines is 1. The minimum atomic E-state index is -0.419. The second kappa shape index (κ2) is 7.65. The number of benzene rings is 2. The van der Waals surface area contributed by atoms with E-state index in [0.717, 1.165) is 16.9 Å². The standard InChI is InChI=1S/C20H19N3O3/c1-13-4-3-5-15(10-13)21-20(25)17-12-19(24)23-18(22-17)11-14-6-8-16(26-2)9-7-14/h3-10,12H,11H2,1-2H3,(H,21,25)(H,22,23,24). The molecule has 0 aliphatic carbocycles. The first-order valence-corrected chi connectivity index (χ1v) is 8.15. The minimum absolute atomic E-state index is 0.0822. The molecule has 1 amide bonds. The maximum absolute atomic E-state index is 12.4. The van der Waals surface area contributed by atoms with Crippen LogP contribution in [0.2, 0.25) is 0 Å². The van der Waals surface area contributed by atoms with E-state index in [4.69, 9.17) is 4.74 Å². The number of nitrogens with one attached hydrogen (secondary N) is 2. The molecule has 0 aliphatic heterocycles. The van der Waals surface area contributed by atoms with Gasteiger partial charge in [-0.1, -0.05) is 24.3 Å². The van der Waals surface area contributed by atoms with Gasteiger partial charge in [-0.05, 0) is 42.3 Å².